The zero-order valence-corrected chi connectivity index (χ0v) is 12.6. The average molecular weight is 274 g/mol. The molecule has 0 saturated heterocycles. The van der Waals surface area contributed by atoms with Gasteiger partial charge in [-0.3, -0.25) is 5.43 Å². The molecule has 0 unspecified atom stereocenters. The SMILES string of the molecule is CCN(C(=NC1CCCCC1)NN)c1ccccc1C. The third kappa shape index (κ3) is 3.51. The number of anilines is 1. The van der Waals surface area contributed by atoms with E-state index in [-0.39, 0.29) is 0 Å². The Morgan fingerprint density at radius 3 is 2.60 bits per heavy atom. The van der Waals surface area contributed by atoms with E-state index in [0.717, 1.165) is 12.5 Å². The maximum atomic E-state index is 5.73. The number of nitrogens with zero attached hydrogens (tertiary/aromatic N) is 2. The van der Waals surface area contributed by atoms with Gasteiger partial charge in [0.15, 0.2) is 0 Å². The number of hydrazine groups is 1. The van der Waals surface area contributed by atoms with Crippen LogP contribution < -0.4 is 16.2 Å². The van der Waals surface area contributed by atoms with Crippen LogP contribution in [0.15, 0.2) is 29.3 Å². The Hall–Kier alpha value is -1.55. The first-order valence-corrected chi connectivity index (χ1v) is 7.63. The summed E-state index contributed by atoms with van der Waals surface area (Å²) < 4.78 is 0. The van der Waals surface area contributed by atoms with Crippen LogP contribution in [0.4, 0.5) is 5.69 Å². The van der Waals surface area contributed by atoms with Gasteiger partial charge in [-0.05, 0) is 38.3 Å². The molecule has 20 heavy (non-hydrogen) atoms. The van der Waals surface area contributed by atoms with Gasteiger partial charge >= 0.3 is 0 Å². The lowest BCUT2D eigenvalue weighted by Gasteiger charge is -2.28. The summed E-state index contributed by atoms with van der Waals surface area (Å²) >= 11 is 0. The minimum Gasteiger partial charge on any atom is -0.312 e. The van der Waals surface area contributed by atoms with Gasteiger partial charge in [-0.25, -0.2) is 10.8 Å². The second kappa shape index (κ2) is 7.29. The molecule has 110 valence electrons. The molecule has 0 radical (unpaired) electrons. The molecule has 0 atom stereocenters. The largest absolute Gasteiger partial charge is 0.312 e. The summed E-state index contributed by atoms with van der Waals surface area (Å²) in [5.74, 6) is 6.52. The van der Waals surface area contributed by atoms with Crippen molar-refractivity contribution < 1.29 is 0 Å². The molecule has 1 aromatic carbocycles. The maximum Gasteiger partial charge on any atom is 0.213 e. The van der Waals surface area contributed by atoms with Crippen molar-refractivity contribution in [1.29, 1.82) is 0 Å². The molecular formula is C16H26N4. The number of benzene rings is 1. The van der Waals surface area contributed by atoms with Gasteiger partial charge in [0.25, 0.3) is 0 Å². The molecule has 1 aliphatic carbocycles. The van der Waals surface area contributed by atoms with Crippen molar-refractivity contribution in [3.63, 3.8) is 0 Å². The van der Waals surface area contributed by atoms with Crippen molar-refractivity contribution in [2.75, 3.05) is 11.4 Å². The molecule has 1 saturated carbocycles. The van der Waals surface area contributed by atoms with Crippen LogP contribution in [0.2, 0.25) is 0 Å². The van der Waals surface area contributed by atoms with Crippen LogP contribution in [0.25, 0.3) is 0 Å². The number of nitrogens with two attached hydrogens (primary N) is 1. The highest BCUT2D eigenvalue weighted by atomic mass is 15.4. The second-order valence-electron chi connectivity index (χ2n) is 5.42. The fraction of sp³-hybridized carbons (Fsp3) is 0.562. The highest BCUT2D eigenvalue weighted by Crippen LogP contribution is 2.23. The van der Waals surface area contributed by atoms with Crippen molar-refractivity contribution in [3.8, 4) is 0 Å². The number of aryl methyl sites for hydroxylation is 1. The van der Waals surface area contributed by atoms with Gasteiger partial charge in [-0.2, -0.15) is 0 Å². The van der Waals surface area contributed by atoms with E-state index in [2.05, 4.69) is 48.4 Å². The van der Waals surface area contributed by atoms with Crippen LogP contribution in [0.3, 0.4) is 0 Å². The first kappa shape index (κ1) is 14.9. The molecule has 0 heterocycles. The summed E-state index contributed by atoms with van der Waals surface area (Å²) in [7, 11) is 0. The highest BCUT2D eigenvalue weighted by molar-refractivity contribution is 5.96. The molecule has 3 N–H and O–H groups in total. The van der Waals surface area contributed by atoms with E-state index in [1.54, 1.807) is 0 Å². The Kier molecular flexibility index (Phi) is 5.41. The van der Waals surface area contributed by atoms with Crippen molar-refractivity contribution in [3.05, 3.63) is 29.8 Å². The third-order valence-electron chi connectivity index (χ3n) is 3.99. The van der Waals surface area contributed by atoms with Gasteiger partial charge < -0.3 is 4.90 Å². The molecule has 1 fully saturated rings. The van der Waals surface area contributed by atoms with Crippen molar-refractivity contribution in [2.45, 2.75) is 52.0 Å². The third-order valence-corrected chi connectivity index (χ3v) is 3.99. The predicted octanol–water partition coefficient (Wildman–Crippen LogP) is 2.97. The second-order valence-corrected chi connectivity index (χ2v) is 5.42. The van der Waals surface area contributed by atoms with Crippen LogP contribution >= 0.6 is 0 Å². The minimum atomic E-state index is 0.410. The summed E-state index contributed by atoms with van der Waals surface area (Å²) in [6.07, 6.45) is 6.25. The van der Waals surface area contributed by atoms with Crippen LogP contribution in [0.1, 0.15) is 44.6 Å². The quantitative estimate of drug-likeness (QED) is 0.385. The Bertz CT molecular complexity index is 450. The molecule has 4 heteroatoms. The molecule has 0 bridgehead atoms. The predicted molar refractivity (Wildman–Crippen MR) is 85.8 cm³/mol. The lowest BCUT2D eigenvalue weighted by Crippen LogP contribution is -2.46. The lowest BCUT2D eigenvalue weighted by molar-refractivity contribution is 0.441. The molecule has 4 nitrogen and oxygen atoms in total. The van der Waals surface area contributed by atoms with Gasteiger partial charge in [-0.1, -0.05) is 37.5 Å². The average Bonchev–Trinajstić information content (AvgIpc) is 2.49. The van der Waals surface area contributed by atoms with Gasteiger partial charge in [0.1, 0.15) is 0 Å². The molecule has 0 aromatic heterocycles. The Labute approximate surface area is 122 Å². The number of hydrogen-bond acceptors (Lipinski definition) is 2. The number of aliphatic imine (C=N–C) groups is 1. The van der Waals surface area contributed by atoms with Crippen LogP contribution in [0.5, 0.6) is 0 Å². The lowest BCUT2D eigenvalue weighted by atomic mass is 9.96. The molecule has 2 rings (SSSR count). The summed E-state index contributed by atoms with van der Waals surface area (Å²) in [5.41, 5.74) is 5.21. The van der Waals surface area contributed by atoms with Gasteiger partial charge in [0.05, 0.1) is 6.04 Å². The Morgan fingerprint density at radius 1 is 1.30 bits per heavy atom. The zero-order valence-electron chi connectivity index (χ0n) is 12.6. The van der Waals surface area contributed by atoms with Crippen LogP contribution in [-0.4, -0.2) is 18.5 Å². The van der Waals surface area contributed by atoms with Crippen molar-refractivity contribution >= 4 is 11.6 Å². The monoisotopic (exact) mass is 274 g/mol. The highest BCUT2D eigenvalue weighted by Gasteiger charge is 2.17. The summed E-state index contributed by atoms with van der Waals surface area (Å²) in [4.78, 5) is 7.01. The molecule has 1 aliphatic rings. The molecule has 1 aromatic rings. The van der Waals surface area contributed by atoms with E-state index in [1.807, 2.05) is 0 Å². The number of nitrogens with one attached hydrogen (secondary N) is 1. The summed E-state index contributed by atoms with van der Waals surface area (Å²) in [6, 6.07) is 8.76. The van der Waals surface area contributed by atoms with E-state index in [4.69, 9.17) is 10.8 Å². The Balaban J connectivity index is 2.23. The minimum absolute atomic E-state index is 0.410. The Morgan fingerprint density at radius 2 is 2.00 bits per heavy atom. The molecular weight excluding hydrogens is 248 g/mol. The van der Waals surface area contributed by atoms with E-state index >= 15 is 0 Å². The number of guanidine groups is 1. The summed E-state index contributed by atoms with van der Waals surface area (Å²) in [5, 5.41) is 0. The first-order chi connectivity index (χ1) is 9.76. The normalized spacial score (nSPS) is 17.1. The number of hydrogen-bond donors (Lipinski definition) is 2. The van der Waals surface area contributed by atoms with Gasteiger partial charge in [-0.15, -0.1) is 0 Å². The fourth-order valence-corrected chi connectivity index (χ4v) is 2.87. The van der Waals surface area contributed by atoms with Gasteiger partial charge in [0, 0.05) is 12.2 Å². The van der Waals surface area contributed by atoms with Crippen molar-refractivity contribution in [1.82, 2.24) is 5.43 Å². The van der Waals surface area contributed by atoms with Crippen LogP contribution in [0, 0.1) is 6.92 Å². The van der Waals surface area contributed by atoms with Crippen molar-refractivity contribution in [2.24, 2.45) is 10.8 Å². The standard InChI is InChI=1S/C16H26N4/c1-3-20(15-12-8-7-9-13(15)2)16(19-17)18-14-10-5-4-6-11-14/h7-9,12,14H,3-6,10-11,17H2,1-2H3,(H,18,19). The van der Waals surface area contributed by atoms with E-state index in [9.17, 15) is 0 Å². The summed E-state index contributed by atoms with van der Waals surface area (Å²) in [6.45, 7) is 5.09. The first-order valence-electron chi connectivity index (χ1n) is 7.63. The fourth-order valence-electron chi connectivity index (χ4n) is 2.87. The number of rotatable bonds is 3. The van der Waals surface area contributed by atoms with Crippen LogP contribution in [-0.2, 0) is 0 Å². The van der Waals surface area contributed by atoms with E-state index < -0.39 is 0 Å². The van der Waals surface area contributed by atoms with E-state index in [1.165, 1.54) is 43.4 Å². The van der Waals surface area contributed by atoms with Gasteiger partial charge in [0.2, 0.25) is 5.96 Å². The molecule has 0 amide bonds. The molecule has 0 aliphatic heterocycles. The van der Waals surface area contributed by atoms with E-state index in [0.29, 0.717) is 6.04 Å². The molecule has 0 spiro atoms. The topological polar surface area (TPSA) is 53.6 Å². The number of para-hydroxylation sites is 1. The maximum absolute atomic E-state index is 5.73. The zero-order chi connectivity index (χ0) is 14.4. The smallest absolute Gasteiger partial charge is 0.213 e.